The second kappa shape index (κ2) is 5.90. The molecular formula is C16H20N2O2. The van der Waals surface area contributed by atoms with Crippen molar-refractivity contribution in [2.45, 2.75) is 34.1 Å². The van der Waals surface area contributed by atoms with Crippen molar-refractivity contribution in [3.63, 3.8) is 0 Å². The molecule has 1 heterocycles. The molecule has 2 aromatic rings. The first-order valence-electron chi connectivity index (χ1n) is 6.80. The van der Waals surface area contributed by atoms with Crippen molar-refractivity contribution in [2.75, 3.05) is 5.32 Å². The Labute approximate surface area is 119 Å². The number of anilines is 1. The van der Waals surface area contributed by atoms with Crippen molar-refractivity contribution in [3.8, 4) is 11.1 Å². The summed E-state index contributed by atoms with van der Waals surface area (Å²) < 4.78 is 5.17. The number of carbonyl (C=O) groups is 1. The average molecular weight is 272 g/mol. The summed E-state index contributed by atoms with van der Waals surface area (Å²) in [7, 11) is 0. The Hall–Kier alpha value is -2.10. The molecule has 0 aliphatic rings. The molecule has 0 aliphatic heterocycles. The average Bonchev–Trinajstić information content (AvgIpc) is 2.69. The molecule has 0 unspecified atom stereocenters. The molecule has 4 heteroatoms. The van der Waals surface area contributed by atoms with Gasteiger partial charge in [-0.15, -0.1) is 0 Å². The van der Waals surface area contributed by atoms with Crippen LogP contribution in [-0.4, -0.2) is 11.1 Å². The molecule has 1 aromatic carbocycles. The third kappa shape index (κ3) is 3.26. The largest absolute Gasteiger partial charge is 0.361 e. The van der Waals surface area contributed by atoms with Crippen LogP contribution in [0.1, 0.15) is 31.7 Å². The molecule has 1 aromatic heterocycles. The normalized spacial score (nSPS) is 10.8. The molecule has 0 fully saturated rings. The van der Waals surface area contributed by atoms with E-state index in [0.717, 1.165) is 28.3 Å². The molecule has 1 N–H and O–H groups in total. The lowest BCUT2D eigenvalue weighted by molar-refractivity contribution is -0.116. The highest BCUT2D eigenvalue weighted by Crippen LogP contribution is 2.27. The summed E-state index contributed by atoms with van der Waals surface area (Å²) in [6.07, 6.45) is 0.533. The zero-order valence-electron chi connectivity index (χ0n) is 12.4. The fourth-order valence-electron chi connectivity index (χ4n) is 2.20. The van der Waals surface area contributed by atoms with Gasteiger partial charge in [0.15, 0.2) is 0 Å². The van der Waals surface area contributed by atoms with E-state index in [-0.39, 0.29) is 5.91 Å². The van der Waals surface area contributed by atoms with Crippen LogP contribution in [0.5, 0.6) is 0 Å². The van der Waals surface area contributed by atoms with Crippen molar-refractivity contribution >= 4 is 11.6 Å². The Morgan fingerprint density at radius 2 is 1.90 bits per heavy atom. The van der Waals surface area contributed by atoms with Gasteiger partial charge in [-0.1, -0.05) is 31.1 Å². The van der Waals surface area contributed by atoms with Crippen LogP contribution in [0.15, 0.2) is 28.8 Å². The van der Waals surface area contributed by atoms with Gasteiger partial charge in [0.05, 0.1) is 5.69 Å². The Morgan fingerprint density at radius 1 is 1.25 bits per heavy atom. The number of nitrogens with zero attached hydrogens (tertiary/aromatic N) is 1. The maximum atomic E-state index is 11.7. The minimum atomic E-state index is 0.0464. The highest BCUT2D eigenvalue weighted by Gasteiger charge is 2.11. The number of aromatic nitrogens is 1. The molecule has 4 nitrogen and oxygen atoms in total. The number of rotatable bonds is 4. The minimum absolute atomic E-state index is 0.0464. The van der Waals surface area contributed by atoms with Crippen LogP contribution in [-0.2, 0) is 4.79 Å². The maximum Gasteiger partial charge on any atom is 0.224 e. The minimum Gasteiger partial charge on any atom is -0.361 e. The molecule has 0 bridgehead atoms. The molecule has 2 rings (SSSR count). The third-order valence-corrected chi connectivity index (χ3v) is 3.08. The van der Waals surface area contributed by atoms with Gasteiger partial charge in [0, 0.05) is 17.7 Å². The van der Waals surface area contributed by atoms with E-state index in [1.807, 2.05) is 52.0 Å². The van der Waals surface area contributed by atoms with Crippen LogP contribution in [0.4, 0.5) is 5.69 Å². The van der Waals surface area contributed by atoms with Crippen LogP contribution in [0.3, 0.4) is 0 Å². The highest BCUT2D eigenvalue weighted by molar-refractivity contribution is 5.91. The molecule has 20 heavy (non-hydrogen) atoms. The number of hydrogen-bond donors (Lipinski definition) is 1. The number of hydrogen-bond acceptors (Lipinski definition) is 3. The monoisotopic (exact) mass is 272 g/mol. The zero-order valence-corrected chi connectivity index (χ0v) is 12.4. The number of aryl methyl sites for hydroxylation is 2. The predicted octanol–water partition coefficient (Wildman–Crippen LogP) is 3.94. The summed E-state index contributed by atoms with van der Waals surface area (Å²) in [5.41, 5.74) is 3.75. The van der Waals surface area contributed by atoms with Gasteiger partial charge in [0.1, 0.15) is 5.76 Å². The summed E-state index contributed by atoms with van der Waals surface area (Å²) >= 11 is 0. The summed E-state index contributed by atoms with van der Waals surface area (Å²) in [6, 6.07) is 7.74. The lowest BCUT2D eigenvalue weighted by atomic mass is 10.0. The molecule has 0 spiro atoms. The molecule has 0 saturated heterocycles. The van der Waals surface area contributed by atoms with Crippen molar-refractivity contribution in [1.82, 2.24) is 5.16 Å². The Kier molecular flexibility index (Phi) is 4.23. The maximum absolute atomic E-state index is 11.7. The standard InChI is InChI=1S/C16H20N2O2/c1-10(2)9-15(19)17-14-7-5-13(6-8-14)16-11(3)18-20-12(16)4/h5-8,10H,9H2,1-4H3,(H,17,19). The van der Waals surface area contributed by atoms with Crippen LogP contribution in [0.2, 0.25) is 0 Å². The SMILES string of the molecule is Cc1noc(C)c1-c1ccc(NC(=O)CC(C)C)cc1. The first kappa shape index (κ1) is 14.3. The van der Waals surface area contributed by atoms with Gasteiger partial charge < -0.3 is 9.84 Å². The van der Waals surface area contributed by atoms with E-state index in [1.54, 1.807) is 0 Å². The van der Waals surface area contributed by atoms with E-state index in [9.17, 15) is 4.79 Å². The number of carbonyl (C=O) groups excluding carboxylic acids is 1. The molecular weight excluding hydrogens is 252 g/mol. The topological polar surface area (TPSA) is 55.1 Å². The first-order chi connectivity index (χ1) is 9.47. The van der Waals surface area contributed by atoms with Gasteiger partial charge in [-0.2, -0.15) is 0 Å². The van der Waals surface area contributed by atoms with E-state index in [4.69, 9.17) is 4.52 Å². The van der Waals surface area contributed by atoms with Crippen LogP contribution < -0.4 is 5.32 Å². The second-order valence-corrected chi connectivity index (χ2v) is 5.42. The number of amides is 1. The lowest BCUT2D eigenvalue weighted by Crippen LogP contribution is -2.13. The molecule has 0 aliphatic carbocycles. The second-order valence-electron chi connectivity index (χ2n) is 5.42. The first-order valence-corrected chi connectivity index (χ1v) is 6.80. The third-order valence-electron chi connectivity index (χ3n) is 3.08. The summed E-state index contributed by atoms with van der Waals surface area (Å²) in [4.78, 5) is 11.7. The Balaban J connectivity index is 2.13. The Morgan fingerprint density at radius 3 is 2.40 bits per heavy atom. The van der Waals surface area contributed by atoms with Gasteiger partial charge >= 0.3 is 0 Å². The van der Waals surface area contributed by atoms with Gasteiger partial charge in [0.2, 0.25) is 5.91 Å². The Bertz CT molecular complexity index is 578. The summed E-state index contributed by atoms with van der Waals surface area (Å²) in [6.45, 7) is 7.87. The van der Waals surface area contributed by atoms with E-state index in [2.05, 4.69) is 10.5 Å². The molecule has 106 valence electrons. The van der Waals surface area contributed by atoms with E-state index in [1.165, 1.54) is 0 Å². The van der Waals surface area contributed by atoms with Crippen LogP contribution in [0, 0.1) is 19.8 Å². The number of benzene rings is 1. The van der Waals surface area contributed by atoms with Gasteiger partial charge in [0.25, 0.3) is 0 Å². The summed E-state index contributed by atoms with van der Waals surface area (Å²) in [5.74, 6) is 1.21. The fraction of sp³-hybridized carbons (Fsp3) is 0.375. The molecule has 0 atom stereocenters. The van der Waals surface area contributed by atoms with E-state index < -0.39 is 0 Å². The molecule has 0 radical (unpaired) electrons. The molecule has 0 saturated carbocycles. The highest BCUT2D eigenvalue weighted by atomic mass is 16.5. The van der Waals surface area contributed by atoms with Gasteiger partial charge in [-0.3, -0.25) is 4.79 Å². The van der Waals surface area contributed by atoms with Crippen molar-refractivity contribution < 1.29 is 9.32 Å². The fourth-order valence-corrected chi connectivity index (χ4v) is 2.20. The number of nitrogens with one attached hydrogen (secondary N) is 1. The quantitative estimate of drug-likeness (QED) is 0.917. The molecule has 1 amide bonds. The van der Waals surface area contributed by atoms with E-state index >= 15 is 0 Å². The smallest absolute Gasteiger partial charge is 0.224 e. The predicted molar refractivity (Wildman–Crippen MR) is 79.5 cm³/mol. The van der Waals surface area contributed by atoms with Crippen LogP contribution >= 0.6 is 0 Å². The van der Waals surface area contributed by atoms with Crippen molar-refractivity contribution in [2.24, 2.45) is 5.92 Å². The van der Waals surface area contributed by atoms with Crippen molar-refractivity contribution in [1.29, 1.82) is 0 Å². The zero-order chi connectivity index (χ0) is 14.7. The van der Waals surface area contributed by atoms with Gasteiger partial charge in [-0.05, 0) is 37.5 Å². The van der Waals surface area contributed by atoms with Crippen molar-refractivity contribution in [3.05, 3.63) is 35.7 Å². The van der Waals surface area contributed by atoms with E-state index in [0.29, 0.717) is 12.3 Å². The van der Waals surface area contributed by atoms with Gasteiger partial charge in [-0.25, -0.2) is 0 Å². The summed E-state index contributed by atoms with van der Waals surface area (Å²) in [5, 5.41) is 6.85. The lowest BCUT2D eigenvalue weighted by Gasteiger charge is -2.08. The van der Waals surface area contributed by atoms with Crippen LogP contribution in [0.25, 0.3) is 11.1 Å².